The van der Waals surface area contributed by atoms with E-state index < -0.39 is 10.7 Å². The SMILES string of the molecule is O=[N+]([O-])c1ccc(N2CCN(c3ccc4ccccc4n3)CC2)c(F)c1. The Balaban J connectivity index is 1.49. The molecule has 3 aromatic rings. The number of benzene rings is 2. The molecule has 1 aliphatic rings. The zero-order valence-corrected chi connectivity index (χ0v) is 14.0. The molecule has 1 fully saturated rings. The van der Waals surface area contributed by atoms with Gasteiger partial charge < -0.3 is 9.80 Å². The van der Waals surface area contributed by atoms with Gasteiger partial charge in [-0.15, -0.1) is 0 Å². The van der Waals surface area contributed by atoms with Gasteiger partial charge in [-0.05, 0) is 24.3 Å². The topological polar surface area (TPSA) is 62.5 Å². The molecule has 1 aromatic heterocycles. The number of nitro groups is 1. The predicted molar refractivity (Wildman–Crippen MR) is 99.2 cm³/mol. The molecule has 0 atom stereocenters. The largest absolute Gasteiger partial charge is 0.366 e. The fraction of sp³-hybridized carbons (Fsp3) is 0.211. The summed E-state index contributed by atoms with van der Waals surface area (Å²) < 4.78 is 14.2. The van der Waals surface area contributed by atoms with Crippen LogP contribution in [0.4, 0.5) is 21.6 Å². The third-order valence-electron chi connectivity index (χ3n) is 4.67. The van der Waals surface area contributed by atoms with Gasteiger partial charge in [0.2, 0.25) is 0 Å². The molecule has 6 nitrogen and oxygen atoms in total. The summed E-state index contributed by atoms with van der Waals surface area (Å²) in [6.45, 7) is 2.68. The standard InChI is InChI=1S/C19H17FN4O2/c20-16-13-15(24(25)26)6-7-18(16)22-9-11-23(12-10-22)19-8-5-14-3-1-2-4-17(14)21-19/h1-8,13H,9-12H2. The highest BCUT2D eigenvalue weighted by Gasteiger charge is 2.22. The Morgan fingerprint density at radius 3 is 2.42 bits per heavy atom. The van der Waals surface area contributed by atoms with Crippen LogP contribution in [0.1, 0.15) is 0 Å². The number of hydrogen-bond acceptors (Lipinski definition) is 5. The van der Waals surface area contributed by atoms with E-state index >= 15 is 0 Å². The Hall–Kier alpha value is -3.22. The fourth-order valence-corrected chi connectivity index (χ4v) is 3.27. The van der Waals surface area contributed by atoms with E-state index in [1.165, 1.54) is 12.1 Å². The van der Waals surface area contributed by atoms with Gasteiger partial charge in [0.1, 0.15) is 5.82 Å². The van der Waals surface area contributed by atoms with Crippen molar-refractivity contribution in [1.29, 1.82) is 0 Å². The van der Waals surface area contributed by atoms with Gasteiger partial charge in [-0.25, -0.2) is 9.37 Å². The molecule has 1 saturated heterocycles. The van der Waals surface area contributed by atoms with Gasteiger partial charge in [-0.3, -0.25) is 10.1 Å². The van der Waals surface area contributed by atoms with Gasteiger partial charge in [0.25, 0.3) is 5.69 Å². The average Bonchev–Trinajstić information content (AvgIpc) is 2.67. The molecule has 2 heterocycles. The lowest BCUT2D eigenvalue weighted by Gasteiger charge is -2.36. The molecule has 0 aliphatic carbocycles. The number of nitro benzene ring substituents is 1. The number of rotatable bonds is 3. The minimum absolute atomic E-state index is 0.231. The monoisotopic (exact) mass is 352 g/mol. The maximum Gasteiger partial charge on any atom is 0.272 e. The number of halogens is 1. The highest BCUT2D eigenvalue weighted by atomic mass is 19.1. The minimum Gasteiger partial charge on any atom is -0.366 e. The highest BCUT2D eigenvalue weighted by molar-refractivity contribution is 5.80. The first-order chi connectivity index (χ1) is 12.6. The molecule has 26 heavy (non-hydrogen) atoms. The molecular formula is C19H17FN4O2. The number of hydrogen-bond donors (Lipinski definition) is 0. The molecule has 0 spiro atoms. The van der Waals surface area contributed by atoms with Gasteiger partial charge in [-0.2, -0.15) is 0 Å². The van der Waals surface area contributed by atoms with Crippen LogP contribution in [0.5, 0.6) is 0 Å². The van der Waals surface area contributed by atoms with E-state index in [1.54, 1.807) is 0 Å². The van der Waals surface area contributed by atoms with E-state index in [2.05, 4.69) is 11.0 Å². The number of para-hydroxylation sites is 1. The van der Waals surface area contributed by atoms with Crippen molar-refractivity contribution < 1.29 is 9.31 Å². The second-order valence-corrected chi connectivity index (χ2v) is 6.23. The lowest BCUT2D eigenvalue weighted by atomic mass is 10.2. The van der Waals surface area contributed by atoms with Crippen LogP contribution in [0.2, 0.25) is 0 Å². The van der Waals surface area contributed by atoms with E-state index in [4.69, 9.17) is 4.98 Å². The van der Waals surface area contributed by atoms with E-state index in [-0.39, 0.29) is 5.69 Å². The number of nitrogens with zero attached hydrogens (tertiary/aromatic N) is 4. The van der Waals surface area contributed by atoms with Crippen molar-refractivity contribution in [2.75, 3.05) is 36.0 Å². The molecule has 7 heteroatoms. The van der Waals surface area contributed by atoms with Crippen molar-refractivity contribution in [3.63, 3.8) is 0 Å². The molecule has 1 aliphatic heterocycles. The first-order valence-electron chi connectivity index (χ1n) is 8.41. The molecule has 2 aromatic carbocycles. The molecule has 0 unspecified atom stereocenters. The second-order valence-electron chi connectivity index (χ2n) is 6.23. The Morgan fingerprint density at radius 1 is 0.962 bits per heavy atom. The molecule has 132 valence electrons. The van der Waals surface area contributed by atoms with Gasteiger partial charge in [0.15, 0.2) is 5.82 Å². The van der Waals surface area contributed by atoms with E-state index in [0.29, 0.717) is 31.9 Å². The van der Waals surface area contributed by atoms with Crippen LogP contribution < -0.4 is 9.80 Å². The first-order valence-corrected chi connectivity index (χ1v) is 8.41. The van der Waals surface area contributed by atoms with Crippen LogP contribution in [0.15, 0.2) is 54.6 Å². The summed E-state index contributed by atoms with van der Waals surface area (Å²) in [6, 6.07) is 15.8. The maximum atomic E-state index is 14.2. The predicted octanol–water partition coefficient (Wildman–Crippen LogP) is 3.61. The number of anilines is 2. The molecule has 0 saturated carbocycles. The summed E-state index contributed by atoms with van der Waals surface area (Å²) >= 11 is 0. The van der Waals surface area contributed by atoms with Gasteiger partial charge in [-0.1, -0.05) is 18.2 Å². The third kappa shape index (κ3) is 3.03. The average molecular weight is 352 g/mol. The lowest BCUT2D eigenvalue weighted by Crippen LogP contribution is -2.47. The molecular weight excluding hydrogens is 335 g/mol. The Kier molecular flexibility index (Phi) is 4.12. The van der Waals surface area contributed by atoms with E-state index in [0.717, 1.165) is 22.8 Å². The number of fused-ring (bicyclic) bond motifs is 1. The van der Waals surface area contributed by atoms with Crippen molar-refractivity contribution in [3.8, 4) is 0 Å². The first kappa shape index (κ1) is 16.3. The maximum absolute atomic E-state index is 14.2. The number of aromatic nitrogens is 1. The number of non-ortho nitro benzene ring substituents is 1. The van der Waals surface area contributed by atoms with Gasteiger partial charge >= 0.3 is 0 Å². The highest BCUT2D eigenvalue weighted by Crippen LogP contribution is 2.26. The molecule has 0 N–H and O–H groups in total. The third-order valence-corrected chi connectivity index (χ3v) is 4.67. The van der Waals surface area contributed by atoms with Crippen LogP contribution in [0.3, 0.4) is 0 Å². The summed E-state index contributed by atoms with van der Waals surface area (Å²) in [5, 5.41) is 11.8. The normalized spacial score (nSPS) is 14.7. The van der Waals surface area contributed by atoms with Crippen LogP contribution in [0.25, 0.3) is 10.9 Å². The summed E-state index contributed by atoms with van der Waals surface area (Å²) in [5.41, 5.74) is 1.13. The molecule has 0 radical (unpaired) electrons. The Morgan fingerprint density at radius 2 is 1.69 bits per heavy atom. The molecule has 0 amide bonds. The van der Waals surface area contributed by atoms with Crippen LogP contribution in [-0.4, -0.2) is 36.1 Å². The summed E-state index contributed by atoms with van der Waals surface area (Å²) in [4.78, 5) is 18.9. The quantitative estimate of drug-likeness (QED) is 0.532. The molecule has 4 rings (SSSR count). The van der Waals surface area contributed by atoms with Crippen molar-refractivity contribution in [1.82, 2.24) is 4.98 Å². The van der Waals surface area contributed by atoms with Crippen molar-refractivity contribution >= 4 is 28.1 Å². The van der Waals surface area contributed by atoms with Crippen LogP contribution in [-0.2, 0) is 0 Å². The van der Waals surface area contributed by atoms with Crippen LogP contribution >= 0.6 is 0 Å². The summed E-state index contributed by atoms with van der Waals surface area (Å²) in [5.74, 6) is 0.351. The van der Waals surface area contributed by atoms with Crippen LogP contribution in [0, 0.1) is 15.9 Å². The molecule has 0 bridgehead atoms. The lowest BCUT2D eigenvalue weighted by molar-refractivity contribution is -0.385. The fourth-order valence-electron chi connectivity index (χ4n) is 3.27. The van der Waals surface area contributed by atoms with E-state index in [1.807, 2.05) is 35.2 Å². The van der Waals surface area contributed by atoms with Crippen molar-refractivity contribution in [2.45, 2.75) is 0 Å². The Labute approximate surface area is 149 Å². The summed E-state index contributed by atoms with van der Waals surface area (Å²) in [7, 11) is 0. The van der Waals surface area contributed by atoms with Crippen molar-refractivity contribution in [3.05, 3.63) is 70.5 Å². The minimum atomic E-state index is -0.587. The van der Waals surface area contributed by atoms with Crippen molar-refractivity contribution in [2.24, 2.45) is 0 Å². The zero-order chi connectivity index (χ0) is 18.1. The second kappa shape index (κ2) is 6.59. The number of pyridine rings is 1. The van der Waals surface area contributed by atoms with Gasteiger partial charge in [0, 0.05) is 37.6 Å². The Bertz CT molecular complexity index is 971. The number of piperazine rings is 1. The summed E-state index contributed by atoms with van der Waals surface area (Å²) in [6.07, 6.45) is 0. The smallest absolute Gasteiger partial charge is 0.272 e. The van der Waals surface area contributed by atoms with Gasteiger partial charge in [0.05, 0.1) is 22.2 Å². The van der Waals surface area contributed by atoms with E-state index in [9.17, 15) is 14.5 Å². The zero-order valence-electron chi connectivity index (χ0n) is 14.0.